The van der Waals surface area contributed by atoms with Gasteiger partial charge in [0.15, 0.2) is 0 Å². The molecule has 1 saturated heterocycles. The van der Waals surface area contributed by atoms with E-state index in [4.69, 9.17) is 0 Å². The van der Waals surface area contributed by atoms with Crippen LogP contribution in [0.15, 0.2) is 0 Å². The summed E-state index contributed by atoms with van der Waals surface area (Å²) >= 11 is 0. The molecule has 2 heteroatoms. The van der Waals surface area contributed by atoms with Gasteiger partial charge in [-0.1, -0.05) is 34.6 Å². The van der Waals surface area contributed by atoms with Crippen molar-refractivity contribution in [2.45, 2.75) is 72.8 Å². The summed E-state index contributed by atoms with van der Waals surface area (Å²) in [6.45, 7) is 17.0. The molecule has 0 aromatic heterocycles. The van der Waals surface area contributed by atoms with Gasteiger partial charge in [0.2, 0.25) is 0 Å². The lowest BCUT2D eigenvalue weighted by atomic mass is 9.76. The summed E-state index contributed by atoms with van der Waals surface area (Å²) < 4.78 is 0. The molecule has 3 unspecified atom stereocenters. The Morgan fingerprint density at radius 1 is 1.05 bits per heavy atom. The minimum absolute atomic E-state index is 0.494. The van der Waals surface area contributed by atoms with Crippen molar-refractivity contribution in [2.75, 3.05) is 26.2 Å². The molecule has 0 bridgehead atoms. The highest BCUT2D eigenvalue weighted by molar-refractivity contribution is 4.92. The predicted octanol–water partition coefficient (Wildman–Crippen LogP) is 4.16. The number of likely N-dealkylation sites (tertiary alicyclic amines) is 1. The highest BCUT2D eigenvalue weighted by atomic mass is 15.2. The predicted molar refractivity (Wildman–Crippen MR) is 92.6 cm³/mol. The van der Waals surface area contributed by atoms with Crippen molar-refractivity contribution in [3.63, 3.8) is 0 Å². The highest BCUT2D eigenvalue weighted by Gasteiger charge is 2.37. The molecule has 1 saturated carbocycles. The third kappa shape index (κ3) is 4.96. The van der Waals surface area contributed by atoms with Crippen molar-refractivity contribution < 1.29 is 0 Å². The molecule has 0 amide bonds. The van der Waals surface area contributed by atoms with Gasteiger partial charge >= 0.3 is 0 Å². The van der Waals surface area contributed by atoms with Gasteiger partial charge in [0, 0.05) is 6.04 Å². The Balaban J connectivity index is 1.77. The topological polar surface area (TPSA) is 15.3 Å². The van der Waals surface area contributed by atoms with E-state index in [0.717, 1.165) is 23.8 Å². The lowest BCUT2D eigenvalue weighted by Gasteiger charge is -2.44. The number of nitrogens with zero attached hydrogens (tertiary/aromatic N) is 1. The van der Waals surface area contributed by atoms with Gasteiger partial charge in [0.05, 0.1) is 0 Å². The van der Waals surface area contributed by atoms with E-state index in [2.05, 4.69) is 44.8 Å². The zero-order chi connectivity index (χ0) is 15.5. The fourth-order valence-corrected chi connectivity index (χ4v) is 4.14. The van der Waals surface area contributed by atoms with Gasteiger partial charge in [0.1, 0.15) is 0 Å². The van der Waals surface area contributed by atoms with Crippen LogP contribution in [0.4, 0.5) is 0 Å². The molecule has 124 valence electrons. The Labute approximate surface area is 133 Å². The molecule has 1 aliphatic carbocycles. The van der Waals surface area contributed by atoms with E-state index in [0.29, 0.717) is 5.41 Å². The van der Waals surface area contributed by atoms with Gasteiger partial charge in [-0.3, -0.25) is 0 Å². The largest absolute Gasteiger partial charge is 0.316 e. The molecule has 3 atom stereocenters. The molecular formula is C19H38N2. The molecule has 1 N–H and O–H groups in total. The number of hydrogen-bond donors (Lipinski definition) is 1. The minimum atomic E-state index is 0.494. The molecule has 0 aromatic rings. The van der Waals surface area contributed by atoms with Crippen molar-refractivity contribution >= 4 is 0 Å². The van der Waals surface area contributed by atoms with Crippen molar-refractivity contribution in [3.8, 4) is 0 Å². The van der Waals surface area contributed by atoms with Gasteiger partial charge in [-0.25, -0.2) is 0 Å². The minimum Gasteiger partial charge on any atom is -0.316 e. The molecule has 1 heterocycles. The van der Waals surface area contributed by atoms with Crippen LogP contribution in [-0.4, -0.2) is 37.1 Å². The van der Waals surface area contributed by atoms with E-state index in [1.54, 1.807) is 0 Å². The Morgan fingerprint density at radius 2 is 1.81 bits per heavy atom. The van der Waals surface area contributed by atoms with Gasteiger partial charge in [-0.15, -0.1) is 0 Å². The quantitative estimate of drug-likeness (QED) is 0.819. The summed E-state index contributed by atoms with van der Waals surface area (Å²) in [7, 11) is 0. The smallest absolute Gasteiger partial charge is 0.0136 e. The molecule has 2 fully saturated rings. The molecule has 21 heavy (non-hydrogen) atoms. The number of nitrogens with one attached hydrogen (secondary N) is 1. The van der Waals surface area contributed by atoms with Crippen molar-refractivity contribution in [1.82, 2.24) is 10.2 Å². The van der Waals surface area contributed by atoms with Crippen LogP contribution in [0.5, 0.6) is 0 Å². The second-order valence-corrected chi connectivity index (χ2v) is 8.99. The monoisotopic (exact) mass is 294 g/mol. The Kier molecular flexibility index (Phi) is 6.14. The van der Waals surface area contributed by atoms with Crippen molar-refractivity contribution in [1.29, 1.82) is 0 Å². The second kappa shape index (κ2) is 7.46. The Bertz CT molecular complexity index is 305. The average molecular weight is 295 g/mol. The first kappa shape index (κ1) is 17.3. The van der Waals surface area contributed by atoms with E-state index in [9.17, 15) is 0 Å². The first-order valence-corrected chi connectivity index (χ1v) is 9.32. The standard InChI is InChI=1S/C19H38N2/c1-15(2)13-20-14-16-8-9-18(16)21-11-6-7-17(10-12-21)19(3,4)5/h15-18,20H,6-14H2,1-5H3. The van der Waals surface area contributed by atoms with E-state index >= 15 is 0 Å². The summed E-state index contributed by atoms with van der Waals surface area (Å²) in [5, 5.41) is 3.68. The Morgan fingerprint density at radius 3 is 2.38 bits per heavy atom. The normalized spacial score (nSPS) is 32.0. The molecule has 2 rings (SSSR count). The van der Waals surface area contributed by atoms with E-state index < -0.39 is 0 Å². The summed E-state index contributed by atoms with van der Waals surface area (Å²) in [6.07, 6.45) is 7.13. The maximum Gasteiger partial charge on any atom is 0.0136 e. The second-order valence-electron chi connectivity index (χ2n) is 8.99. The third-order valence-corrected chi connectivity index (χ3v) is 5.79. The summed E-state index contributed by atoms with van der Waals surface area (Å²) in [4.78, 5) is 2.83. The van der Waals surface area contributed by atoms with Crippen LogP contribution in [-0.2, 0) is 0 Å². The van der Waals surface area contributed by atoms with Crippen molar-refractivity contribution in [2.24, 2.45) is 23.2 Å². The number of rotatable bonds is 5. The summed E-state index contributed by atoms with van der Waals surface area (Å²) in [6, 6.07) is 0.878. The van der Waals surface area contributed by atoms with E-state index in [1.807, 2.05) is 0 Å². The molecule has 2 aliphatic rings. The molecular weight excluding hydrogens is 256 g/mol. The fraction of sp³-hybridized carbons (Fsp3) is 1.00. The number of hydrogen-bond acceptors (Lipinski definition) is 2. The van der Waals surface area contributed by atoms with E-state index in [1.165, 1.54) is 58.3 Å². The van der Waals surface area contributed by atoms with Crippen LogP contribution in [0.2, 0.25) is 0 Å². The third-order valence-electron chi connectivity index (χ3n) is 5.79. The van der Waals surface area contributed by atoms with Crippen molar-refractivity contribution in [3.05, 3.63) is 0 Å². The highest BCUT2D eigenvalue weighted by Crippen LogP contribution is 2.38. The Hall–Kier alpha value is -0.0800. The van der Waals surface area contributed by atoms with Gasteiger partial charge in [-0.2, -0.15) is 0 Å². The first-order chi connectivity index (χ1) is 9.88. The van der Waals surface area contributed by atoms with Crippen LogP contribution in [0, 0.1) is 23.2 Å². The molecule has 0 radical (unpaired) electrons. The summed E-state index contributed by atoms with van der Waals surface area (Å²) in [5.74, 6) is 2.60. The van der Waals surface area contributed by atoms with Gasteiger partial charge in [-0.05, 0) is 81.5 Å². The maximum atomic E-state index is 3.68. The molecule has 1 aliphatic heterocycles. The molecule has 2 nitrogen and oxygen atoms in total. The lowest BCUT2D eigenvalue weighted by Crippen LogP contribution is -2.51. The average Bonchev–Trinajstić information content (AvgIpc) is 2.58. The van der Waals surface area contributed by atoms with Crippen LogP contribution >= 0.6 is 0 Å². The van der Waals surface area contributed by atoms with Crippen LogP contribution in [0.1, 0.15) is 66.7 Å². The van der Waals surface area contributed by atoms with E-state index in [-0.39, 0.29) is 0 Å². The summed E-state index contributed by atoms with van der Waals surface area (Å²) in [5.41, 5.74) is 0.494. The zero-order valence-electron chi connectivity index (χ0n) is 15.1. The molecule has 0 spiro atoms. The lowest BCUT2D eigenvalue weighted by molar-refractivity contribution is 0.0616. The van der Waals surface area contributed by atoms with Crippen LogP contribution in [0.3, 0.4) is 0 Å². The SMILES string of the molecule is CC(C)CNCC1CCC1N1CCCC(C(C)(C)C)CC1. The first-order valence-electron chi connectivity index (χ1n) is 9.32. The molecule has 0 aromatic carbocycles. The van der Waals surface area contributed by atoms with Gasteiger partial charge < -0.3 is 10.2 Å². The van der Waals surface area contributed by atoms with Crippen LogP contribution < -0.4 is 5.32 Å². The van der Waals surface area contributed by atoms with Crippen LogP contribution in [0.25, 0.3) is 0 Å². The zero-order valence-corrected chi connectivity index (χ0v) is 15.1. The maximum absolute atomic E-state index is 3.68. The van der Waals surface area contributed by atoms with Gasteiger partial charge in [0.25, 0.3) is 0 Å². The fourth-order valence-electron chi connectivity index (χ4n) is 4.14.